The number of carbonyl (C=O) groups is 2. The minimum atomic E-state index is -0.585. The van der Waals surface area contributed by atoms with Gasteiger partial charge in [0.05, 0.1) is 38.0 Å². The number of anilines is 1. The summed E-state index contributed by atoms with van der Waals surface area (Å²) in [5.41, 5.74) is 1.87. The molecule has 2 aromatic rings. The van der Waals surface area contributed by atoms with E-state index in [1.165, 1.54) is 18.7 Å². The smallest absolute Gasteiger partial charge is 0.414 e. The highest BCUT2D eigenvalue weighted by Crippen LogP contribution is 2.31. The molecular weight excluding hydrogens is 388 g/mol. The summed E-state index contributed by atoms with van der Waals surface area (Å²) in [5, 5.41) is 4.34. The molecule has 3 heterocycles. The number of fused-ring (bicyclic) bond motifs is 1. The van der Waals surface area contributed by atoms with Crippen LogP contribution in [0.15, 0.2) is 30.5 Å². The molecule has 2 aromatic heterocycles. The SMILES string of the molecule is C=C1CN(c2ccc(C(=O)OC)n3nc(OC)cc23)C[C@H](C)N1C(=O)OC(C)(C)C. The average Bonchev–Trinajstić information content (AvgIpc) is 3.08. The Labute approximate surface area is 175 Å². The van der Waals surface area contributed by atoms with Gasteiger partial charge in [0.1, 0.15) is 5.60 Å². The zero-order valence-corrected chi connectivity index (χ0v) is 18.3. The summed E-state index contributed by atoms with van der Waals surface area (Å²) in [5.74, 6) is -0.114. The van der Waals surface area contributed by atoms with Crippen LogP contribution in [0, 0.1) is 0 Å². The van der Waals surface area contributed by atoms with Crippen LogP contribution in [0.4, 0.5) is 10.5 Å². The number of hydrogen-bond acceptors (Lipinski definition) is 7. The van der Waals surface area contributed by atoms with Crippen molar-refractivity contribution in [3.63, 3.8) is 0 Å². The number of rotatable bonds is 3. The van der Waals surface area contributed by atoms with Gasteiger partial charge < -0.3 is 19.1 Å². The van der Waals surface area contributed by atoms with E-state index in [9.17, 15) is 9.59 Å². The van der Waals surface area contributed by atoms with Gasteiger partial charge in [0.15, 0.2) is 5.69 Å². The second kappa shape index (κ2) is 7.89. The van der Waals surface area contributed by atoms with E-state index in [2.05, 4.69) is 16.6 Å². The molecule has 0 saturated carbocycles. The molecule has 1 saturated heterocycles. The Bertz CT molecular complexity index is 991. The molecule has 1 atom stereocenters. The van der Waals surface area contributed by atoms with Crippen LogP contribution in [-0.2, 0) is 9.47 Å². The molecule has 0 aliphatic carbocycles. The Hall–Kier alpha value is -3.23. The topological polar surface area (TPSA) is 85.6 Å². The first-order valence-electron chi connectivity index (χ1n) is 9.65. The predicted octanol–water partition coefficient (Wildman–Crippen LogP) is 3.09. The van der Waals surface area contributed by atoms with Crippen molar-refractivity contribution in [1.82, 2.24) is 14.5 Å². The molecule has 1 aliphatic heterocycles. The van der Waals surface area contributed by atoms with Gasteiger partial charge in [-0.15, -0.1) is 5.10 Å². The molecule has 0 bridgehead atoms. The molecule has 1 aliphatic rings. The van der Waals surface area contributed by atoms with Crippen LogP contribution in [0.5, 0.6) is 5.88 Å². The average molecular weight is 416 g/mol. The predicted molar refractivity (Wildman–Crippen MR) is 112 cm³/mol. The number of aromatic nitrogens is 2. The highest BCUT2D eigenvalue weighted by Gasteiger charge is 2.34. The number of methoxy groups -OCH3 is 2. The van der Waals surface area contributed by atoms with Crippen molar-refractivity contribution < 1.29 is 23.8 Å². The van der Waals surface area contributed by atoms with Gasteiger partial charge in [0.25, 0.3) is 0 Å². The number of piperazine rings is 1. The Morgan fingerprint density at radius 1 is 1.23 bits per heavy atom. The van der Waals surface area contributed by atoms with E-state index in [1.54, 1.807) is 17.0 Å². The lowest BCUT2D eigenvalue weighted by atomic mass is 10.1. The van der Waals surface area contributed by atoms with Crippen LogP contribution in [-0.4, -0.2) is 65.5 Å². The minimum absolute atomic E-state index is 0.161. The zero-order chi connectivity index (χ0) is 22.2. The minimum Gasteiger partial charge on any atom is -0.480 e. The van der Waals surface area contributed by atoms with Gasteiger partial charge in [0, 0.05) is 18.3 Å². The van der Waals surface area contributed by atoms with Gasteiger partial charge in [-0.25, -0.2) is 14.1 Å². The third-order valence-electron chi connectivity index (χ3n) is 4.75. The van der Waals surface area contributed by atoms with Gasteiger partial charge in [-0.3, -0.25) is 4.90 Å². The Kier molecular flexibility index (Phi) is 5.65. The van der Waals surface area contributed by atoms with Crippen LogP contribution in [0.25, 0.3) is 5.52 Å². The standard InChI is InChI=1S/C21H28N4O5/c1-13-11-23(12-14(2)24(13)20(27)30-21(3,4)5)15-8-9-16(19(26)29-7)25-17(15)10-18(22-25)28-6/h8-10,14H,1,11-12H2,2-7H3/t14-/m0/s1. The fourth-order valence-corrected chi connectivity index (χ4v) is 3.54. The van der Waals surface area contributed by atoms with Crippen LogP contribution in [0.2, 0.25) is 0 Å². The van der Waals surface area contributed by atoms with E-state index in [-0.39, 0.29) is 6.04 Å². The molecule has 30 heavy (non-hydrogen) atoms. The van der Waals surface area contributed by atoms with Crippen LogP contribution in [0.3, 0.4) is 0 Å². The second-order valence-corrected chi connectivity index (χ2v) is 8.23. The lowest BCUT2D eigenvalue weighted by molar-refractivity contribution is 0.0238. The normalized spacial score (nSPS) is 17.3. The first-order valence-corrected chi connectivity index (χ1v) is 9.65. The maximum atomic E-state index is 12.6. The fraction of sp³-hybridized carbons (Fsp3) is 0.476. The third kappa shape index (κ3) is 4.05. The van der Waals surface area contributed by atoms with E-state index in [4.69, 9.17) is 14.2 Å². The molecule has 0 aromatic carbocycles. The van der Waals surface area contributed by atoms with Crippen molar-refractivity contribution in [2.24, 2.45) is 0 Å². The summed E-state index contributed by atoms with van der Waals surface area (Å²) in [6.07, 6.45) is -0.406. The Morgan fingerprint density at radius 2 is 1.93 bits per heavy atom. The summed E-state index contributed by atoms with van der Waals surface area (Å²) in [4.78, 5) is 28.5. The molecular formula is C21H28N4O5. The summed E-state index contributed by atoms with van der Waals surface area (Å²) in [6, 6.07) is 5.10. The van der Waals surface area contributed by atoms with Crippen molar-refractivity contribution in [2.45, 2.75) is 39.3 Å². The Balaban J connectivity index is 1.94. The van der Waals surface area contributed by atoms with Gasteiger partial charge in [0.2, 0.25) is 5.88 Å². The largest absolute Gasteiger partial charge is 0.480 e. The van der Waals surface area contributed by atoms with Crippen molar-refractivity contribution in [1.29, 1.82) is 0 Å². The number of nitrogens with zero attached hydrogens (tertiary/aromatic N) is 4. The fourth-order valence-electron chi connectivity index (χ4n) is 3.54. The Morgan fingerprint density at radius 3 is 2.50 bits per heavy atom. The van der Waals surface area contributed by atoms with Crippen LogP contribution < -0.4 is 9.64 Å². The first kappa shape index (κ1) is 21.5. The first-order chi connectivity index (χ1) is 14.1. The lowest BCUT2D eigenvalue weighted by Crippen LogP contribution is -2.53. The number of hydrogen-bond donors (Lipinski definition) is 0. The summed E-state index contributed by atoms with van der Waals surface area (Å²) in [7, 11) is 2.84. The highest BCUT2D eigenvalue weighted by atomic mass is 16.6. The van der Waals surface area contributed by atoms with E-state index in [1.807, 2.05) is 33.8 Å². The molecule has 3 rings (SSSR count). The molecule has 9 nitrogen and oxygen atoms in total. The quantitative estimate of drug-likeness (QED) is 0.711. The molecule has 0 spiro atoms. The monoisotopic (exact) mass is 416 g/mol. The molecule has 9 heteroatoms. The van der Waals surface area contributed by atoms with Gasteiger partial charge in [-0.2, -0.15) is 0 Å². The lowest BCUT2D eigenvalue weighted by Gasteiger charge is -2.42. The second-order valence-electron chi connectivity index (χ2n) is 8.23. The maximum absolute atomic E-state index is 12.6. The number of pyridine rings is 1. The van der Waals surface area contributed by atoms with Crippen molar-refractivity contribution in [3.8, 4) is 5.88 Å². The number of ether oxygens (including phenoxy) is 3. The molecule has 0 radical (unpaired) electrons. The summed E-state index contributed by atoms with van der Waals surface area (Å²) < 4.78 is 17.2. The molecule has 1 amide bonds. The highest BCUT2D eigenvalue weighted by molar-refractivity contribution is 5.90. The molecule has 0 N–H and O–H groups in total. The van der Waals surface area contributed by atoms with Crippen LogP contribution >= 0.6 is 0 Å². The third-order valence-corrected chi connectivity index (χ3v) is 4.75. The number of amides is 1. The van der Waals surface area contributed by atoms with E-state index in [0.717, 1.165) is 5.69 Å². The number of esters is 1. The molecule has 1 fully saturated rings. The van der Waals surface area contributed by atoms with Gasteiger partial charge in [-0.05, 0) is 39.8 Å². The molecule has 162 valence electrons. The maximum Gasteiger partial charge on any atom is 0.414 e. The van der Waals surface area contributed by atoms with Crippen molar-refractivity contribution >= 4 is 23.3 Å². The van der Waals surface area contributed by atoms with Crippen LogP contribution in [0.1, 0.15) is 38.2 Å². The summed E-state index contributed by atoms with van der Waals surface area (Å²) >= 11 is 0. The summed E-state index contributed by atoms with van der Waals surface area (Å²) in [6.45, 7) is 12.5. The van der Waals surface area contributed by atoms with Crippen molar-refractivity contribution in [3.05, 3.63) is 36.2 Å². The van der Waals surface area contributed by atoms with Gasteiger partial charge in [-0.1, -0.05) is 6.58 Å². The van der Waals surface area contributed by atoms with E-state index < -0.39 is 17.7 Å². The number of carbonyl (C=O) groups excluding carboxylic acids is 2. The zero-order valence-electron chi connectivity index (χ0n) is 18.3. The molecule has 0 unspecified atom stereocenters. The van der Waals surface area contributed by atoms with Crippen molar-refractivity contribution in [2.75, 3.05) is 32.2 Å². The van der Waals surface area contributed by atoms with Gasteiger partial charge >= 0.3 is 12.1 Å². The van der Waals surface area contributed by atoms with E-state index >= 15 is 0 Å². The van der Waals surface area contributed by atoms with E-state index in [0.29, 0.717) is 35.9 Å².